The number of ketones is 1. The molecule has 0 amide bonds. The van der Waals surface area contributed by atoms with Crippen molar-refractivity contribution in [1.29, 1.82) is 0 Å². The number of carbonyl (C=O) groups is 3. The molecule has 1 saturated heterocycles. The zero-order chi connectivity index (χ0) is 27.2. The molecule has 204 valence electrons. The molecule has 2 aromatic carbocycles. The van der Waals surface area contributed by atoms with Crippen molar-refractivity contribution in [3.8, 4) is 11.5 Å². The lowest BCUT2D eigenvalue weighted by atomic mass is 10.1. The van der Waals surface area contributed by atoms with Gasteiger partial charge in [0, 0.05) is 49.3 Å². The summed E-state index contributed by atoms with van der Waals surface area (Å²) < 4.78 is 21.1. The quantitative estimate of drug-likeness (QED) is 0.236. The van der Waals surface area contributed by atoms with E-state index < -0.39 is 24.0 Å². The highest BCUT2D eigenvalue weighted by Gasteiger charge is 2.30. The van der Waals surface area contributed by atoms with E-state index in [4.69, 9.17) is 18.9 Å². The van der Waals surface area contributed by atoms with E-state index in [0.29, 0.717) is 18.1 Å². The van der Waals surface area contributed by atoms with Crippen LogP contribution in [-0.4, -0.2) is 85.5 Å². The van der Waals surface area contributed by atoms with Crippen LogP contribution in [0.4, 0.5) is 5.82 Å². The maximum atomic E-state index is 12.7. The number of hydrogen-bond donors (Lipinski definition) is 1. The molecule has 1 aromatic heterocycles. The Morgan fingerprint density at radius 2 is 1.74 bits per heavy atom. The summed E-state index contributed by atoms with van der Waals surface area (Å²) in [4.78, 5) is 40.7. The molecule has 11 nitrogen and oxygen atoms in total. The number of unbranched alkanes of at least 4 members (excludes halogenated alkanes) is 1. The first kappa shape index (κ1) is 26.2. The number of anilines is 1. The van der Waals surface area contributed by atoms with Gasteiger partial charge >= 0.3 is 18.2 Å². The van der Waals surface area contributed by atoms with Crippen LogP contribution in [0.1, 0.15) is 23.2 Å². The Hall–Kier alpha value is -4.38. The molecule has 11 heteroatoms. The number of piperazine rings is 1. The number of rotatable bonds is 10. The van der Waals surface area contributed by atoms with E-state index in [9.17, 15) is 14.4 Å². The fraction of sp³-hybridized carbons (Fsp3) is 0.357. The smallest absolute Gasteiger partial charge is 0.334 e. The van der Waals surface area contributed by atoms with Gasteiger partial charge in [-0.15, -0.1) is 0 Å². The van der Waals surface area contributed by atoms with E-state index in [0.717, 1.165) is 74.4 Å². The van der Waals surface area contributed by atoms with Crippen LogP contribution in [0.2, 0.25) is 0 Å². The molecule has 39 heavy (non-hydrogen) atoms. The van der Waals surface area contributed by atoms with Crippen LogP contribution in [0.25, 0.3) is 10.9 Å². The predicted molar refractivity (Wildman–Crippen MR) is 142 cm³/mol. The van der Waals surface area contributed by atoms with Gasteiger partial charge in [0.1, 0.15) is 0 Å². The number of hydrogen-bond acceptors (Lipinski definition) is 10. The second-order valence-corrected chi connectivity index (χ2v) is 9.25. The third-order valence-corrected chi connectivity index (χ3v) is 6.71. The number of methoxy groups -OCH3 is 1. The van der Waals surface area contributed by atoms with Crippen molar-refractivity contribution in [3.63, 3.8) is 0 Å². The maximum Gasteiger partial charge on any atom is 0.334 e. The SMILES string of the molecule is COc1cc(C(=O)C2OC(=O)C=CC(=O)O2)ccc1OCCCCN1CCN(c2n[nH]c3ccccc23)CC1. The number of para-hydroxylation sites is 1. The number of ether oxygens (including phenoxy) is 4. The Labute approximate surface area is 225 Å². The summed E-state index contributed by atoms with van der Waals surface area (Å²) in [5, 5.41) is 8.79. The molecule has 1 fully saturated rings. The van der Waals surface area contributed by atoms with E-state index in [1.807, 2.05) is 18.2 Å². The van der Waals surface area contributed by atoms with Crippen molar-refractivity contribution < 1.29 is 33.3 Å². The summed E-state index contributed by atoms with van der Waals surface area (Å²) in [6.45, 7) is 5.30. The van der Waals surface area contributed by atoms with Crippen LogP contribution in [0.15, 0.2) is 54.6 Å². The van der Waals surface area contributed by atoms with Crippen molar-refractivity contribution in [2.45, 2.75) is 19.1 Å². The standard InChI is InChI=1S/C28H30N4O7/c1-36-23-18-19(26(35)28-38-24(33)10-11-25(34)39-28)8-9-22(23)37-17-5-4-12-31-13-15-32(16-14-31)27-20-6-2-3-7-21(20)29-30-27/h2-3,6-11,18,28H,4-5,12-17H2,1H3,(H,29,30). The van der Waals surface area contributed by atoms with Crippen LogP contribution in [-0.2, 0) is 19.1 Å². The molecule has 1 N–H and O–H groups in total. The summed E-state index contributed by atoms with van der Waals surface area (Å²) in [5.41, 5.74) is 1.22. The van der Waals surface area contributed by atoms with Crippen LogP contribution in [0.5, 0.6) is 11.5 Å². The van der Waals surface area contributed by atoms with Gasteiger partial charge in [0.2, 0.25) is 5.78 Å². The van der Waals surface area contributed by atoms with Crippen molar-refractivity contribution >= 4 is 34.4 Å². The van der Waals surface area contributed by atoms with E-state index in [1.165, 1.54) is 19.2 Å². The van der Waals surface area contributed by atoms with E-state index >= 15 is 0 Å². The second kappa shape index (κ2) is 12.0. The molecule has 5 rings (SSSR count). The lowest BCUT2D eigenvalue weighted by Crippen LogP contribution is -2.46. The molecular weight excluding hydrogens is 504 g/mol. The molecule has 3 heterocycles. The number of benzene rings is 2. The van der Waals surface area contributed by atoms with Gasteiger partial charge in [-0.3, -0.25) is 14.8 Å². The molecule has 0 unspecified atom stereocenters. The van der Waals surface area contributed by atoms with Crippen molar-refractivity contribution in [1.82, 2.24) is 15.1 Å². The van der Waals surface area contributed by atoms with Gasteiger partial charge in [0.05, 0.1) is 19.2 Å². The number of aromatic amines is 1. The van der Waals surface area contributed by atoms with Crippen LogP contribution >= 0.6 is 0 Å². The maximum absolute atomic E-state index is 12.7. The van der Waals surface area contributed by atoms with E-state index in [-0.39, 0.29) is 5.56 Å². The number of carbonyl (C=O) groups excluding carboxylic acids is 3. The molecule has 0 bridgehead atoms. The van der Waals surface area contributed by atoms with Crippen LogP contribution in [0.3, 0.4) is 0 Å². The zero-order valence-electron chi connectivity index (χ0n) is 21.6. The fourth-order valence-corrected chi connectivity index (χ4v) is 4.63. The van der Waals surface area contributed by atoms with Gasteiger partial charge in [-0.1, -0.05) is 12.1 Å². The number of cyclic esters (lactones) is 2. The minimum absolute atomic E-state index is 0.161. The molecule has 0 saturated carbocycles. The van der Waals surface area contributed by atoms with E-state index in [1.54, 1.807) is 6.07 Å². The Balaban J connectivity index is 1.06. The monoisotopic (exact) mass is 534 g/mol. The summed E-state index contributed by atoms with van der Waals surface area (Å²) in [6.07, 6.45) is 2.01. The lowest BCUT2D eigenvalue weighted by Gasteiger charge is -2.35. The van der Waals surface area contributed by atoms with Crippen molar-refractivity contribution in [3.05, 3.63) is 60.2 Å². The van der Waals surface area contributed by atoms with E-state index in [2.05, 4.69) is 26.1 Å². The number of Topliss-reactive ketones (excluding diaryl/α,β-unsaturated/α-hetero) is 1. The second-order valence-electron chi connectivity index (χ2n) is 9.25. The van der Waals surface area contributed by atoms with Crippen LogP contribution < -0.4 is 14.4 Å². The predicted octanol–water partition coefficient (Wildman–Crippen LogP) is 2.72. The third-order valence-electron chi connectivity index (χ3n) is 6.71. The average molecular weight is 535 g/mol. The largest absolute Gasteiger partial charge is 0.493 e. The number of fused-ring (bicyclic) bond motifs is 1. The first-order chi connectivity index (χ1) is 19.0. The van der Waals surface area contributed by atoms with Crippen molar-refractivity contribution in [2.24, 2.45) is 0 Å². The highest BCUT2D eigenvalue weighted by atomic mass is 16.7. The summed E-state index contributed by atoms with van der Waals surface area (Å²) >= 11 is 0. The van der Waals surface area contributed by atoms with Gasteiger partial charge < -0.3 is 23.8 Å². The highest BCUT2D eigenvalue weighted by molar-refractivity contribution is 6.03. The zero-order valence-corrected chi connectivity index (χ0v) is 21.6. The summed E-state index contributed by atoms with van der Waals surface area (Å²) in [7, 11) is 1.47. The normalized spacial score (nSPS) is 16.6. The fourth-order valence-electron chi connectivity index (χ4n) is 4.63. The average Bonchev–Trinajstić information content (AvgIpc) is 3.31. The highest BCUT2D eigenvalue weighted by Crippen LogP contribution is 2.29. The van der Waals surface area contributed by atoms with Gasteiger partial charge in [-0.2, -0.15) is 5.10 Å². The van der Waals surface area contributed by atoms with Gasteiger partial charge in [0.15, 0.2) is 17.3 Å². The molecular formula is C28H30N4O7. The third kappa shape index (κ3) is 6.20. The Bertz CT molecular complexity index is 1360. The minimum Gasteiger partial charge on any atom is -0.493 e. The number of nitrogens with one attached hydrogen (secondary N) is 1. The molecule has 0 atom stereocenters. The molecule has 2 aliphatic heterocycles. The number of nitrogens with zero attached hydrogens (tertiary/aromatic N) is 3. The number of H-pyrrole nitrogens is 1. The Morgan fingerprint density at radius 3 is 2.49 bits per heavy atom. The molecule has 2 aliphatic rings. The first-order valence-corrected chi connectivity index (χ1v) is 12.9. The summed E-state index contributed by atoms with van der Waals surface area (Å²) in [5.74, 6) is -0.476. The molecule has 0 aliphatic carbocycles. The Kier molecular flexibility index (Phi) is 8.07. The molecule has 3 aromatic rings. The summed E-state index contributed by atoms with van der Waals surface area (Å²) in [6, 6.07) is 12.8. The number of aromatic nitrogens is 2. The van der Waals surface area contributed by atoms with Crippen LogP contribution in [0, 0.1) is 0 Å². The first-order valence-electron chi connectivity index (χ1n) is 12.9. The molecule has 0 spiro atoms. The van der Waals surface area contributed by atoms with Gasteiger partial charge in [-0.25, -0.2) is 9.59 Å². The number of esters is 2. The lowest BCUT2D eigenvalue weighted by molar-refractivity contribution is -0.169. The Morgan fingerprint density at radius 1 is 1.00 bits per heavy atom. The minimum atomic E-state index is -1.66. The topological polar surface area (TPSA) is 123 Å². The van der Waals surface area contributed by atoms with Gasteiger partial charge in [0.25, 0.3) is 0 Å². The van der Waals surface area contributed by atoms with Gasteiger partial charge in [-0.05, 0) is 49.7 Å². The van der Waals surface area contributed by atoms with Crippen molar-refractivity contribution in [2.75, 3.05) is 51.3 Å². The molecule has 0 radical (unpaired) electrons.